The van der Waals surface area contributed by atoms with Gasteiger partial charge in [0.05, 0.1) is 30.7 Å². The van der Waals surface area contributed by atoms with Crippen LogP contribution in [0.25, 0.3) is 0 Å². The van der Waals surface area contributed by atoms with Crippen molar-refractivity contribution in [2.24, 2.45) is 0 Å². The number of esters is 1. The summed E-state index contributed by atoms with van der Waals surface area (Å²) in [6.45, 7) is 4.72. The lowest BCUT2D eigenvalue weighted by molar-refractivity contribution is 0.0600. The van der Waals surface area contributed by atoms with Gasteiger partial charge >= 0.3 is 12.0 Å². The lowest BCUT2D eigenvalue weighted by Crippen LogP contribution is -2.49. The number of carbonyl (C=O) groups is 2. The van der Waals surface area contributed by atoms with Crippen molar-refractivity contribution in [3.63, 3.8) is 0 Å². The zero-order chi connectivity index (χ0) is 25.7. The van der Waals surface area contributed by atoms with Crippen LogP contribution in [-0.2, 0) is 27.7 Å². The van der Waals surface area contributed by atoms with Crippen molar-refractivity contribution in [1.29, 1.82) is 0 Å². The fourth-order valence-electron chi connectivity index (χ4n) is 4.34. The summed E-state index contributed by atoms with van der Waals surface area (Å²) >= 11 is 0. The molecule has 2 amide bonds. The Kier molecular flexibility index (Phi) is 9.88. The first-order chi connectivity index (χ1) is 17.3. The molecule has 4 rings (SSSR count). The number of nitrogens with zero attached hydrogens (tertiary/aromatic N) is 3. The number of hydrogen-bond acceptors (Lipinski definition) is 7. The van der Waals surface area contributed by atoms with Crippen LogP contribution in [0.15, 0.2) is 42.5 Å². The molecule has 0 bridgehead atoms. The summed E-state index contributed by atoms with van der Waals surface area (Å²) < 4.78 is 43.3. The van der Waals surface area contributed by atoms with Gasteiger partial charge in [-0.3, -0.25) is 9.80 Å². The molecule has 2 aromatic rings. The van der Waals surface area contributed by atoms with Crippen LogP contribution in [-0.4, -0.2) is 88.1 Å². The van der Waals surface area contributed by atoms with Gasteiger partial charge in [-0.1, -0.05) is 18.2 Å². The second kappa shape index (κ2) is 12.7. The summed E-state index contributed by atoms with van der Waals surface area (Å²) in [6.07, 6.45) is 0. The van der Waals surface area contributed by atoms with Crippen LogP contribution in [0, 0.1) is 5.82 Å². The molecular formula is C25H32ClFN4O5S. The Morgan fingerprint density at radius 3 is 2.27 bits per heavy atom. The second-order valence-electron chi connectivity index (χ2n) is 9.00. The third-order valence-corrected chi connectivity index (χ3v) is 8.12. The van der Waals surface area contributed by atoms with Crippen molar-refractivity contribution in [1.82, 2.24) is 15.1 Å². The number of methoxy groups -OCH3 is 1. The number of halogens is 2. The molecule has 2 aliphatic heterocycles. The highest BCUT2D eigenvalue weighted by atomic mass is 35.5. The minimum atomic E-state index is -3.17. The zero-order valence-corrected chi connectivity index (χ0v) is 22.3. The van der Waals surface area contributed by atoms with E-state index in [1.54, 1.807) is 0 Å². The monoisotopic (exact) mass is 554 g/mol. The fourth-order valence-corrected chi connectivity index (χ4v) is 5.54. The van der Waals surface area contributed by atoms with Gasteiger partial charge in [0, 0.05) is 57.1 Å². The Morgan fingerprint density at radius 1 is 1.03 bits per heavy atom. The Bertz CT molecular complexity index is 1190. The molecule has 9 nitrogen and oxygen atoms in total. The van der Waals surface area contributed by atoms with Gasteiger partial charge in [-0.05, 0) is 29.8 Å². The van der Waals surface area contributed by atoms with Crippen LogP contribution < -0.4 is 10.2 Å². The summed E-state index contributed by atoms with van der Waals surface area (Å²) in [6, 6.07) is 11.2. The molecule has 0 aliphatic carbocycles. The van der Waals surface area contributed by atoms with E-state index in [4.69, 9.17) is 0 Å². The standard InChI is InChI=1S/C25H31FN4O5S.ClH/c1-35-24(31)20-4-5-21(23(26)16-20)18-30(25(32)29-12-14-36(33,34)15-13-29)22-6-2-19(3-7-22)17-28-10-8-27-9-11-28;/h2-7,16,27H,8-15,17-18H2,1H3;1H. The molecule has 2 heterocycles. The molecule has 2 fully saturated rings. The van der Waals surface area contributed by atoms with Gasteiger partial charge in [-0.25, -0.2) is 22.4 Å². The summed E-state index contributed by atoms with van der Waals surface area (Å²) in [5.41, 5.74) is 1.99. The number of piperazine rings is 1. The van der Waals surface area contributed by atoms with Gasteiger partial charge in [0.15, 0.2) is 9.84 Å². The van der Waals surface area contributed by atoms with E-state index in [1.807, 2.05) is 24.3 Å². The van der Waals surface area contributed by atoms with Crippen molar-refractivity contribution in [2.75, 3.05) is 62.8 Å². The molecule has 0 aromatic heterocycles. The topological polar surface area (TPSA) is 99.3 Å². The van der Waals surface area contributed by atoms with Crippen molar-refractivity contribution in [3.8, 4) is 0 Å². The van der Waals surface area contributed by atoms with E-state index in [0.717, 1.165) is 44.4 Å². The maximum absolute atomic E-state index is 14.9. The minimum absolute atomic E-state index is 0. The highest BCUT2D eigenvalue weighted by Gasteiger charge is 2.29. The largest absolute Gasteiger partial charge is 0.465 e. The molecule has 2 aromatic carbocycles. The third kappa shape index (κ3) is 7.41. The number of nitrogens with one attached hydrogen (secondary N) is 1. The number of urea groups is 1. The van der Waals surface area contributed by atoms with Crippen molar-refractivity contribution >= 4 is 39.9 Å². The molecule has 2 aliphatic rings. The lowest BCUT2D eigenvalue weighted by atomic mass is 10.1. The van der Waals surface area contributed by atoms with Crippen LogP contribution in [0.2, 0.25) is 0 Å². The maximum atomic E-state index is 14.9. The number of anilines is 1. The van der Waals surface area contributed by atoms with Crippen LogP contribution in [0.4, 0.5) is 14.9 Å². The van der Waals surface area contributed by atoms with Gasteiger partial charge in [-0.2, -0.15) is 0 Å². The Hall–Kier alpha value is -2.73. The molecule has 0 atom stereocenters. The molecule has 0 unspecified atom stereocenters. The summed E-state index contributed by atoms with van der Waals surface area (Å²) in [4.78, 5) is 30.5. The highest BCUT2D eigenvalue weighted by molar-refractivity contribution is 7.91. The SMILES string of the molecule is COC(=O)c1ccc(CN(C(=O)N2CCS(=O)(=O)CC2)c2ccc(CN3CCNCC3)cc2)c(F)c1.Cl. The molecule has 202 valence electrons. The summed E-state index contributed by atoms with van der Waals surface area (Å²) in [5, 5.41) is 3.33. The maximum Gasteiger partial charge on any atom is 0.337 e. The van der Waals surface area contributed by atoms with Crippen LogP contribution in [0.5, 0.6) is 0 Å². The predicted molar refractivity (Wildman–Crippen MR) is 141 cm³/mol. The number of ether oxygens (including phenoxy) is 1. The first-order valence-electron chi connectivity index (χ1n) is 11.9. The van der Waals surface area contributed by atoms with Gasteiger partial charge in [0.2, 0.25) is 0 Å². The molecule has 0 spiro atoms. The predicted octanol–water partition coefficient (Wildman–Crippen LogP) is 2.30. The highest BCUT2D eigenvalue weighted by Crippen LogP contribution is 2.23. The van der Waals surface area contributed by atoms with Gasteiger partial charge in [0.1, 0.15) is 5.82 Å². The van der Waals surface area contributed by atoms with E-state index >= 15 is 0 Å². The smallest absolute Gasteiger partial charge is 0.337 e. The normalized spacial score (nSPS) is 17.5. The lowest BCUT2D eigenvalue weighted by Gasteiger charge is -2.33. The average Bonchev–Trinajstić information content (AvgIpc) is 2.88. The van der Waals surface area contributed by atoms with E-state index < -0.39 is 27.7 Å². The zero-order valence-electron chi connectivity index (χ0n) is 20.7. The van der Waals surface area contributed by atoms with E-state index in [1.165, 1.54) is 29.0 Å². The second-order valence-corrected chi connectivity index (χ2v) is 11.3. The molecule has 2 saturated heterocycles. The number of rotatable bonds is 6. The van der Waals surface area contributed by atoms with Crippen molar-refractivity contribution in [2.45, 2.75) is 13.1 Å². The average molecular weight is 555 g/mol. The molecule has 12 heteroatoms. The quantitative estimate of drug-likeness (QED) is 0.547. The van der Waals surface area contributed by atoms with Crippen LogP contribution >= 0.6 is 12.4 Å². The molecule has 0 saturated carbocycles. The van der Waals surface area contributed by atoms with Gasteiger partial charge in [0.25, 0.3) is 0 Å². The number of hydrogen-bond donors (Lipinski definition) is 1. The molecule has 37 heavy (non-hydrogen) atoms. The first-order valence-corrected chi connectivity index (χ1v) is 13.7. The summed E-state index contributed by atoms with van der Waals surface area (Å²) in [7, 11) is -1.94. The van der Waals surface area contributed by atoms with E-state index in [0.29, 0.717) is 5.69 Å². The van der Waals surface area contributed by atoms with Crippen LogP contribution in [0.1, 0.15) is 21.5 Å². The van der Waals surface area contributed by atoms with E-state index in [9.17, 15) is 22.4 Å². The molecule has 0 radical (unpaired) electrons. The van der Waals surface area contributed by atoms with Gasteiger partial charge in [-0.15, -0.1) is 12.4 Å². The summed E-state index contributed by atoms with van der Waals surface area (Å²) in [5.74, 6) is -1.48. The van der Waals surface area contributed by atoms with E-state index in [-0.39, 0.29) is 54.7 Å². The number of amides is 2. The fraction of sp³-hybridized carbons (Fsp3) is 0.440. The van der Waals surface area contributed by atoms with Crippen LogP contribution in [0.3, 0.4) is 0 Å². The third-order valence-electron chi connectivity index (χ3n) is 6.51. The minimum Gasteiger partial charge on any atom is -0.465 e. The van der Waals surface area contributed by atoms with Gasteiger partial charge < -0.3 is 15.0 Å². The van der Waals surface area contributed by atoms with Crippen molar-refractivity contribution in [3.05, 3.63) is 65.0 Å². The number of sulfone groups is 1. The Labute approximate surface area is 222 Å². The van der Waals surface area contributed by atoms with Crippen molar-refractivity contribution < 1.29 is 27.1 Å². The van der Waals surface area contributed by atoms with E-state index in [2.05, 4.69) is 15.0 Å². The first kappa shape index (κ1) is 28.8. The number of benzene rings is 2. The Morgan fingerprint density at radius 2 is 1.68 bits per heavy atom. The molecular weight excluding hydrogens is 523 g/mol. The molecule has 1 N–H and O–H groups in total. The Balaban J connectivity index is 0.00000380. The number of carbonyl (C=O) groups excluding carboxylic acids is 2.